The first-order chi connectivity index (χ1) is 29.3. The van der Waals surface area contributed by atoms with Crippen LogP contribution in [0.5, 0.6) is 0 Å². The van der Waals surface area contributed by atoms with Gasteiger partial charge in [0.25, 0.3) is 0 Å². The third kappa shape index (κ3) is 5.53. The van der Waals surface area contributed by atoms with Crippen LogP contribution in [0.2, 0.25) is 0 Å². The molecule has 0 atom stereocenters. The van der Waals surface area contributed by atoms with E-state index in [0.29, 0.717) is 16.7 Å². The lowest BCUT2D eigenvalue weighted by atomic mass is 9.99. The monoisotopic (exact) mass is 773 g/mol. The summed E-state index contributed by atoms with van der Waals surface area (Å²) in [5.74, 6) is 0. The number of nitrogens with zero attached hydrogens (tertiary/aromatic N) is 3. The third-order valence-corrected chi connectivity index (χ3v) is 12.1. The van der Waals surface area contributed by atoms with Gasteiger partial charge in [-0.2, -0.15) is 5.26 Å². The smallest absolute Gasteiger partial charge is 0.154 e. The van der Waals surface area contributed by atoms with E-state index in [1.807, 2.05) is 6.07 Å². The molecule has 0 aliphatic rings. The number of hydrogen-bond acceptors (Lipinski definition) is 5. The van der Waals surface area contributed by atoms with E-state index in [2.05, 4.69) is 201 Å². The lowest BCUT2D eigenvalue weighted by Gasteiger charge is -2.28. The minimum atomic E-state index is 0.446. The van der Waals surface area contributed by atoms with Crippen LogP contribution in [0, 0.1) is 39.0 Å². The van der Waals surface area contributed by atoms with Crippen LogP contribution < -0.4 is 9.80 Å². The molecule has 0 unspecified atom stereocenters. The van der Waals surface area contributed by atoms with Crippen molar-refractivity contribution in [2.24, 2.45) is 0 Å². The van der Waals surface area contributed by atoms with Gasteiger partial charge in [0.2, 0.25) is 0 Å². The van der Waals surface area contributed by atoms with Crippen LogP contribution in [0.1, 0.15) is 27.8 Å². The van der Waals surface area contributed by atoms with Crippen molar-refractivity contribution in [3.05, 3.63) is 192 Å². The van der Waals surface area contributed by atoms with Crippen LogP contribution >= 0.6 is 0 Å². The van der Waals surface area contributed by atoms with Gasteiger partial charge in [0.1, 0.15) is 22.8 Å². The van der Waals surface area contributed by atoms with Gasteiger partial charge < -0.3 is 18.6 Å². The van der Waals surface area contributed by atoms with Crippen LogP contribution in [-0.4, -0.2) is 0 Å². The minimum absolute atomic E-state index is 0.446. The molecule has 11 aromatic rings. The maximum atomic E-state index is 10.4. The van der Waals surface area contributed by atoms with Crippen LogP contribution in [-0.2, 0) is 0 Å². The number of hydrogen-bond donors (Lipinski definition) is 0. The number of fused-ring (bicyclic) bond motifs is 9. The summed E-state index contributed by atoms with van der Waals surface area (Å²) in [6.45, 7) is 8.62. The average Bonchev–Trinajstić information content (AvgIpc) is 3.81. The second kappa shape index (κ2) is 13.7. The van der Waals surface area contributed by atoms with Crippen molar-refractivity contribution in [3.8, 4) is 6.07 Å². The summed E-state index contributed by atoms with van der Waals surface area (Å²) in [5.41, 5.74) is 14.6. The molecule has 0 radical (unpaired) electrons. The molecule has 5 nitrogen and oxygen atoms in total. The van der Waals surface area contributed by atoms with Crippen LogP contribution in [0.25, 0.3) is 65.4 Å². The lowest BCUT2D eigenvalue weighted by Crippen LogP contribution is -2.12. The van der Waals surface area contributed by atoms with Crippen molar-refractivity contribution < 1.29 is 8.83 Å². The van der Waals surface area contributed by atoms with E-state index < -0.39 is 0 Å². The summed E-state index contributed by atoms with van der Waals surface area (Å²) in [5, 5.41) is 18.5. The van der Waals surface area contributed by atoms with E-state index in [4.69, 9.17) is 8.83 Å². The van der Waals surface area contributed by atoms with Gasteiger partial charge in [-0.1, -0.05) is 84.9 Å². The molecule has 0 aliphatic carbocycles. The van der Waals surface area contributed by atoms with Gasteiger partial charge in [0.05, 0.1) is 5.56 Å². The number of nitriles is 1. The highest BCUT2D eigenvalue weighted by Gasteiger charge is 2.23. The van der Waals surface area contributed by atoms with Crippen LogP contribution in [0.15, 0.2) is 173 Å². The Bertz CT molecular complexity index is 3490. The molecular weight excluding hydrogens is 735 g/mol. The Morgan fingerprint density at radius 1 is 0.400 bits per heavy atom. The Hall–Kier alpha value is -7.81. The van der Waals surface area contributed by atoms with E-state index in [9.17, 15) is 5.26 Å². The SMILES string of the molecule is Cc1ccccc1N(c1ccc2cc3c(cc2c1)oc1cc(C#N)c2oc4cc5cc(N(c6ccccc6C)c6ccccc6C)ccc5cc4c2c13)c1ccccc1C. The van der Waals surface area contributed by atoms with Crippen molar-refractivity contribution in [2.75, 3.05) is 9.80 Å². The summed E-state index contributed by atoms with van der Waals surface area (Å²) in [4.78, 5) is 4.67. The van der Waals surface area contributed by atoms with Gasteiger partial charge in [0.15, 0.2) is 5.58 Å². The normalized spacial score (nSPS) is 11.7. The number of aryl methyl sites for hydroxylation is 4. The summed E-state index contributed by atoms with van der Waals surface area (Å²) in [6, 6.07) is 60.1. The summed E-state index contributed by atoms with van der Waals surface area (Å²) < 4.78 is 13.3. The van der Waals surface area contributed by atoms with Crippen molar-refractivity contribution in [2.45, 2.75) is 27.7 Å². The number of rotatable bonds is 6. The zero-order chi connectivity index (χ0) is 40.6. The number of furan rings is 2. The molecule has 5 heteroatoms. The number of benzene rings is 9. The van der Waals surface area contributed by atoms with Crippen molar-refractivity contribution >= 4 is 99.5 Å². The molecule has 0 N–H and O–H groups in total. The van der Waals surface area contributed by atoms with Gasteiger partial charge in [-0.05, 0) is 144 Å². The Balaban J connectivity index is 1.09. The Kier molecular flexibility index (Phi) is 8.05. The molecule has 0 fully saturated rings. The molecule has 11 rings (SSSR count). The molecule has 0 bridgehead atoms. The van der Waals surface area contributed by atoms with E-state index in [1.54, 1.807) is 0 Å². The molecule has 0 saturated heterocycles. The molecule has 0 aliphatic heterocycles. The van der Waals surface area contributed by atoms with E-state index in [-0.39, 0.29) is 0 Å². The predicted molar refractivity (Wildman–Crippen MR) is 249 cm³/mol. The Morgan fingerprint density at radius 2 is 0.817 bits per heavy atom. The van der Waals surface area contributed by atoms with Crippen molar-refractivity contribution in [3.63, 3.8) is 0 Å². The second-order valence-corrected chi connectivity index (χ2v) is 15.9. The second-order valence-electron chi connectivity index (χ2n) is 15.9. The number of para-hydroxylation sites is 4. The van der Waals surface area contributed by atoms with Gasteiger partial charge in [-0.25, -0.2) is 0 Å². The molecule has 0 amide bonds. The van der Waals surface area contributed by atoms with Crippen LogP contribution in [0.4, 0.5) is 34.1 Å². The zero-order valence-electron chi connectivity index (χ0n) is 33.7. The van der Waals surface area contributed by atoms with E-state index >= 15 is 0 Å². The fourth-order valence-corrected chi connectivity index (χ4v) is 9.10. The first-order valence-electron chi connectivity index (χ1n) is 20.3. The molecule has 0 saturated carbocycles. The zero-order valence-corrected chi connectivity index (χ0v) is 33.7. The highest BCUT2D eigenvalue weighted by molar-refractivity contribution is 6.28. The number of anilines is 6. The topological polar surface area (TPSA) is 56.6 Å². The van der Waals surface area contributed by atoms with Crippen molar-refractivity contribution in [1.29, 1.82) is 5.26 Å². The summed E-state index contributed by atoms with van der Waals surface area (Å²) in [6.07, 6.45) is 0. The summed E-state index contributed by atoms with van der Waals surface area (Å²) >= 11 is 0. The fourth-order valence-electron chi connectivity index (χ4n) is 9.10. The quantitative estimate of drug-likeness (QED) is 0.168. The van der Waals surface area contributed by atoms with Gasteiger partial charge in [0, 0.05) is 61.7 Å². The highest BCUT2D eigenvalue weighted by atomic mass is 16.3. The summed E-state index contributed by atoms with van der Waals surface area (Å²) in [7, 11) is 0. The first-order valence-corrected chi connectivity index (χ1v) is 20.3. The van der Waals surface area contributed by atoms with Gasteiger partial charge >= 0.3 is 0 Å². The lowest BCUT2D eigenvalue weighted by molar-refractivity contribution is 0.662. The standard InChI is InChI=1S/C55H39N3O2/c1-33-13-5-9-17-46(33)57(47-18-10-6-14-34(47)2)42-23-21-37-27-44-50(29-39(37)25-42)59-52-31-41(32-56)55-54(53(44)52)45-28-38-22-24-43(26-40(38)30-51(45)60-55)58(48-19-11-7-15-35(48)3)49-20-12-8-16-36(49)4/h5-31H,1-4H3. The Labute approximate surface area is 347 Å². The predicted octanol–water partition coefficient (Wildman–Crippen LogP) is 15.8. The van der Waals surface area contributed by atoms with Crippen molar-refractivity contribution in [1.82, 2.24) is 0 Å². The first kappa shape index (κ1) is 35.4. The minimum Gasteiger partial charge on any atom is -0.456 e. The maximum absolute atomic E-state index is 10.4. The van der Waals surface area contributed by atoms with Gasteiger partial charge in [-0.15, -0.1) is 0 Å². The van der Waals surface area contributed by atoms with Gasteiger partial charge in [-0.3, -0.25) is 0 Å². The molecule has 2 aromatic heterocycles. The molecule has 60 heavy (non-hydrogen) atoms. The third-order valence-electron chi connectivity index (χ3n) is 12.1. The Morgan fingerprint density at radius 3 is 1.25 bits per heavy atom. The molecule has 9 aromatic carbocycles. The fraction of sp³-hybridized carbons (Fsp3) is 0.0727. The average molecular weight is 774 g/mol. The molecular formula is C55H39N3O2. The molecule has 286 valence electrons. The van der Waals surface area contributed by atoms with E-state index in [1.165, 1.54) is 22.3 Å². The van der Waals surface area contributed by atoms with Crippen LogP contribution in [0.3, 0.4) is 0 Å². The highest BCUT2D eigenvalue weighted by Crippen LogP contribution is 2.46. The molecule has 2 heterocycles. The molecule has 0 spiro atoms. The maximum Gasteiger partial charge on any atom is 0.154 e. The van der Waals surface area contributed by atoms with E-state index in [0.717, 1.165) is 88.4 Å². The largest absolute Gasteiger partial charge is 0.456 e.